The average molecular weight is 223 g/mol. The minimum Gasteiger partial charge on any atom is -0.308 e. The second-order valence-corrected chi connectivity index (χ2v) is 5.19. The van der Waals surface area contributed by atoms with E-state index in [1.165, 1.54) is 0 Å². The maximum absolute atomic E-state index is 12.0. The number of hydrogen-bond donors (Lipinski definition) is 0. The summed E-state index contributed by atoms with van der Waals surface area (Å²) in [4.78, 5) is 1.98. The molecule has 0 aliphatic carbocycles. The summed E-state index contributed by atoms with van der Waals surface area (Å²) in [5, 5.41) is 0. The molecule has 0 saturated carbocycles. The second-order valence-electron chi connectivity index (χ2n) is 3.17. The molecule has 0 rings (SSSR count). The molecule has 14 heavy (non-hydrogen) atoms. The summed E-state index contributed by atoms with van der Waals surface area (Å²) >= 11 is 0. The molecular formula is C9H22NO3P. The fourth-order valence-corrected chi connectivity index (χ4v) is 3.02. The van der Waals surface area contributed by atoms with Gasteiger partial charge >= 0.3 is 7.60 Å². The maximum Gasteiger partial charge on any atom is 0.344 e. The summed E-state index contributed by atoms with van der Waals surface area (Å²) in [6, 6.07) is 0. The Morgan fingerprint density at radius 1 is 1.14 bits per heavy atom. The van der Waals surface area contributed by atoms with Crippen LogP contribution in [0.15, 0.2) is 0 Å². The Balaban J connectivity index is 4.13. The fraction of sp³-hybridized carbons (Fsp3) is 1.00. The van der Waals surface area contributed by atoms with Crippen molar-refractivity contribution in [2.24, 2.45) is 0 Å². The number of rotatable bonds is 8. The molecule has 5 heteroatoms. The summed E-state index contributed by atoms with van der Waals surface area (Å²) < 4.78 is 22.4. The van der Waals surface area contributed by atoms with Gasteiger partial charge < -0.3 is 9.05 Å². The van der Waals surface area contributed by atoms with Gasteiger partial charge in [-0.2, -0.15) is 0 Å². The van der Waals surface area contributed by atoms with E-state index < -0.39 is 7.60 Å². The first-order chi connectivity index (χ1) is 6.58. The molecule has 0 aliphatic rings. The first kappa shape index (κ1) is 14.1. The predicted octanol–water partition coefficient (Wildman–Crippen LogP) is 2.55. The molecule has 0 unspecified atom stereocenters. The van der Waals surface area contributed by atoms with E-state index >= 15 is 0 Å². The highest BCUT2D eigenvalue weighted by atomic mass is 31.2. The molecule has 0 N–H and O–H groups in total. The lowest BCUT2D eigenvalue weighted by Gasteiger charge is -2.22. The van der Waals surface area contributed by atoms with Gasteiger partial charge in [-0.1, -0.05) is 6.92 Å². The van der Waals surface area contributed by atoms with Crippen molar-refractivity contribution in [3.8, 4) is 0 Å². The molecule has 0 radical (unpaired) electrons. The average Bonchev–Trinajstić information content (AvgIpc) is 2.04. The minimum absolute atomic E-state index is 0.377. The van der Waals surface area contributed by atoms with Crippen molar-refractivity contribution in [3.05, 3.63) is 0 Å². The lowest BCUT2D eigenvalue weighted by Crippen LogP contribution is -2.22. The molecule has 0 amide bonds. The predicted molar refractivity (Wildman–Crippen MR) is 58.6 cm³/mol. The fourth-order valence-electron chi connectivity index (χ4n) is 1.26. The molecule has 0 aliphatic heterocycles. The molecule has 0 aromatic carbocycles. The van der Waals surface area contributed by atoms with Crippen LogP contribution in [-0.2, 0) is 13.6 Å². The van der Waals surface area contributed by atoms with E-state index in [0.29, 0.717) is 19.5 Å². The highest BCUT2D eigenvalue weighted by Crippen LogP contribution is 2.48. The van der Waals surface area contributed by atoms with Gasteiger partial charge in [0.05, 0.1) is 13.2 Å². The van der Waals surface area contributed by atoms with Crippen LogP contribution in [0.1, 0.15) is 27.2 Å². The molecule has 0 atom stereocenters. The van der Waals surface area contributed by atoms with Crippen LogP contribution in [0.25, 0.3) is 0 Å². The van der Waals surface area contributed by atoms with Gasteiger partial charge in [0, 0.05) is 0 Å². The Hall–Kier alpha value is 0.110. The summed E-state index contributed by atoms with van der Waals surface area (Å²) in [6.45, 7) is 7.50. The Bertz CT molecular complexity index is 177. The third-order valence-electron chi connectivity index (χ3n) is 1.67. The molecule has 0 heterocycles. The van der Waals surface area contributed by atoms with Gasteiger partial charge in [-0.15, -0.1) is 0 Å². The van der Waals surface area contributed by atoms with Gasteiger partial charge in [0.15, 0.2) is 0 Å². The lowest BCUT2D eigenvalue weighted by atomic mass is 10.5. The summed E-state index contributed by atoms with van der Waals surface area (Å²) in [5.74, 6) is 0. The monoisotopic (exact) mass is 223 g/mol. The minimum atomic E-state index is -2.88. The van der Waals surface area contributed by atoms with E-state index in [0.717, 1.165) is 13.0 Å². The first-order valence-corrected chi connectivity index (χ1v) is 6.87. The van der Waals surface area contributed by atoms with E-state index in [2.05, 4.69) is 6.92 Å². The quantitative estimate of drug-likeness (QED) is 0.593. The van der Waals surface area contributed by atoms with Crippen LogP contribution in [0, 0.1) is 0 Å². The van der Waals surface area contributed by atoms with Crippen LogP contribution in [0.4, 0.5) is 0 Å². The highest BCUT2D eigenvalue weighted by molar-refractivity contribution is 7.53. The van der Waals surface area contributed by atoms with Crippen LogP contribution in [0.5, 0.6) is 0 Å². The van der Waals surface area contributed by atoms with Gasteiger partial charge in [-0.25, -0.2) is 0 Å². The van der Waals surface area contributed by atoms with E-state index in [-0.39, 0.29) is 0 Å². The van der Waals surface area contributed by atoms with Gasteiger partial charge in [0.1, 0.15) is 6.29 Å². The Kier molecular flexibility index (Phi) is 7.47. The van der Waals surface area contributed by atoms with E-state index in [1.807, 2.05) is 25.8 Å². The molecule has 0 aromatic heterocycles. The van der Waals surface area contributed by atoms with Crippen molar-refractivity contribution in [1.29, 1.82) is 0 Å². The van der Waals surface area contributed by atoms with Gasteiger partial charge in [-0.05, 0) is 33.9 Å². The first-order valence-electron chi connectivity index (χ1n) is 5.14. The van der Waals surface area contributed by atoms with Crippen molar-refractivity contribution in [3.63, 3.8) is 0 Å². The van der Waals surface area contributed by atoms with Crippen molar-refractivity contribution in [2.45, 2.75) is 27.2 Å². The van der Waals surface area contributed by atoms with E-state index in [1.54, 1.807) is 0 Å². The topological polar surface area (TPSA) is 38.8 Å². The smallest absolute Gasteiger partial charge is 0.308 e. The Labute approximate surface area is 87.1 Å². The van der Waals surface area contributed by atoms with Crippen molar-refractivity contribution < 1.29 is 13.6 Å². The van der Waals surface area contributed by atoms with Crippen LogP contribution < -0.4 is 0 Å². The number of hydrogen-bond acceptors (Lipinski definition) is 4. The third kappa shape index (κ3) is 5.76. The van der Waals surface area contributed by atoms with Crippen LogP contribution in [-0.4, -0.2) is 38.0 Å². The van der Waals surface area contributed by atoms with Crippen LogP contribution in [0.2, 0.25) is 0 Å². The SMILES string of the molecule is CCCN(C)CP(=O)(OCC)OCC. The zero-order valence-corrected chi connectivity index (χ0v) is 10.5. The molecule has 0 spiro atoms. The molecule has 0 saturated heterocycles. The third-order valence-corrected chi connectivity index (χ3v) is 3.80. The van der Waals surface area contributed by atoms with Crippen molar-refractivity contribution >= 4 is 7.60 Å². The highest BCUT2D eigenvalue weighted by Gasteiger charge is 2.24. The Morgan fingerprint density at radius 2 is 1.64 bits per heavy atom. The van der Waals surface area contributed by atoms with E-state index in [9.17, 15) is 4.57 Å². The van der Waals surface area contributed by atoms with Gasteiger partial charge in [-0.3, -0.25) is 9.46 Å². The standard InChI is InChI=1S/C9H22NO3P/c1-5-8-10(4)9-14(11,12-6-2)13-7-3/h5-9H2,1-4H3. The summed E-state index contributed by atoms with van der Waals surface area (Å²) in [7, 11) is -0.954. The Morgan fingerprint density at radius 3 is 2.00 bits per heavy atom. The lowest BCUT2D eigenvalue weighted by molar-refractivity contribution is 0.203. The molecule has 0 bridgehead atoms. The van der Waals surface area contributed by atoms with Crippen molar-refractivity contribution in [2.75, 3.05) is 33.1 Å². The summed E-state index contributed by atoms with van der Waals surface area (Å²) in [5.41, 5.74) is 0. The molecular weight excluding hydrogens is 201 g/mol. The van der Waals surface area contributed by atoms with Crippen LogP contribution in [0.3, 0.4) is 0 Å². The largest absolute Gasteiger partial charge is 0.344 e. The van der Waals surface area contributed by atoms with Gasteiger partial charge in [0.25, 0.3) is 0 Å². The molecule has 0 aromatic rings. The zero-order chi connectivity index (χ0) is 11.0. The van der Waals surface area contributed by atoms with Crippen LogP contribution >= 0.6 is 7.60 Å². The second kappa shape index (κ2) is 7.41. The molecule has 0 fully saturated rings. The summed E-state index contributed by atoms with van der Waals surface area (Å²) in [6.07, 6.45) is 1.41. The zero-order valence-electron chi connectivity index (χ0n) is 9.65. The normalized spacial score (nSPS) is 12.4. The molecule has 4 nitrogen and oxygen atoms in total. The maximum atomic E-state index is 12.0. The van der Waals surface area contributed by atoms with Gasteiger partial charge in [0.2, 0.25) is 0 Å². The van der Waals surface area contributed by atoms with Crippen molar-refractivity contribution in [1.82, 2.24) is 4.90 Å². The van der Waals surface area contributed by atoms with E-state index in [4.69, 9.17) is 9.05 Å². The number of nitrogens with zero attached hydrogens (tertiary/aromatic N) is 1. The molecule has 86 valence electrons.